The number of thioether (sulfide) groups is 1. The van der Waals surface area contributed by atoms with E-state index in [4.69, 9.17) is 0 Å². The molecule has 4 aromatic rings. The molecule has 1 N–H and O–H groups in total. The third kappa shape index (κ3) is 4.84. The van der Waals surface area contributed by atoms with Gasteiger partial charge in [-0.1, -0.05) is 49.9 Å². The SMILES string of the molecule is CC(C)CCn1c(=O)c2ccccc2n2c(SC(C)C(=O)NC(C)c3ccc(F)cc3)nnc12. The minimum absolute atomic E-state index is 0.0911. The summed E-state index contributed by atoms with van der Waals surface area (Å²) in [4.78, 5) is 26.1. The van der Waals surface area contributed by atoms with E-state index in [2.05, 4.69) is 29.4 Å². The lowest BCUT2D eigenvalue weighted by atomic mass is 10.1. The molecule has 0 fully saturated rings. The van der Waals surface area contributed by atoms with E-state index in [0.29, 0.717) is 34.3 Å². The quantitative estimate of drug-likeness (QED) is 0.373. The van der Waals surface area contributed by atoms with Crippen molar-refractivity contribution in [2.75, 3.05) is 0 Å². The van der Waals surface area contributed by atoms with E-state index in [1.165, 1.54) is 23.9 Å². The van der Waals surface area contributed by atoms with E-state index < -0.39 is 5.25 Å². The second-order valence-electron chi connectivity index (χ2n) is 8.82. The van der Waals surface area contributed by atoms with Crippen LogP contribution < -0.4 is 10.9 Å². The molecule has 1 amide bonds. The average Bonchev–Trinajstić information content (AvgIpc) is 3.22. The standard InChI is InChI=1S/C25H28FN5O2S/c1-15(2)13-14-30-23(33)20-7-5-6-8-21(20)31-24(30)28-29-25(31)34-17(4)22(32)27-16(3)18-9-11-19(26)12-10-18/h5-12,15-17H,13-14H2,1-4H3,(H,27,32). The fourth-order valence-corrected chi connectivity index (χ4v) is 4.64. The molecule has 0 saturated carbocycles. The van der Waals surface area contributed by atoms with Crippen LogP contribution in [-0.2, 0) is 11.3 Å². The monoisotopic (exact) mass is 481 g/mol. The fourth-order valence-electron chi connectivity index (χ4n) is 3.78. The van der Waals surface area contributed by atoms with Crippen LogP contribution in [0.15, 0.2) is 58.5 Å². The van der Waals surface area contributed by atoms with Crippen molar-refractivity contribution in [2.24, 2.45) is 5.92 Å². The predicted octanol–water partition coefficient (Wildman–Crippen LogP) is 4.59. The lowest BCUT2D eigenvalue weighted by molar-refractivity contribution is -0.120. The Hall–Kier alpha value is -3.20. The highest BCUT2D eigenvalue weighted by Crippen LogP contribution is 2.26. The number of amides is 1. The molecule has 0 radical (unpaired) electrons. The number of halogens is 1. The van der Waals surface area contributed by atoms with Crippen molar-refractivity contribution in [1.29, 1.82) is 0 Å². The number of carbonyl (C=O) groups is 1. The number of para-hydroxylation sites is 1. The summed E-state index contributed by atoms with van der Waals surface area (Å²) in [6.45, 7) is 8.42. The van der Waals surface area contributed by atoms with Gasteiger partial charge < -0.3 is 5.32 Å². The molecule has 0 saturated heterocycles. The molecular weight excluding hydrogens is 453 g/mol. The third-order valence-electron chi connectivity index (χ3n) is 5.79. The van der Waals surface area contributed by atoms with Crippen LogP contribution in [0.3, 0.4) is 0 Å². The Morgan fingerprint density at radius 2 is 1.76 bits per heavy atom. The second kappa shape index (κ2) is 9.97. The van der Waals surface area contributed by atoms with Crippen LogP contribution in [-0.4, -0.2) is 30.3 Å². The molecule has 0 aliphatic rings. The summed E-state index contributed by atoms with van der Waals surface area (Å²) in [5.74, 6) is 0.418. The molecule has 0 spiro atoms. The van der Waals surface area contributed by atoms with Gasteiger partial charge in [0.1, 0.15) is 5.82 Å². The van der Waals surface area contributed by atoms with Crippen molar-refractivity contribution in [3.05, 3.63) is 70.3 Å². The van der Waals surface area contributed by atoms with Crippen LogP contribution in [0, 0.1) is 11.7 Å². The summed E-state index contributed by atoms with van der Waals surface area (Å²) >= 11 is 1.28. The van der Waals surface area contributed by atoms with Crippen LogP contribution in [0.1, 0.15) is 45.7 Å². The van der Waals surface area contributed by atoms with Gasteiger partial charge in [0.15, 0.2) is 5.16 Å². The molecule has 2 heterocycles. The van der Waals surface area contributed by atoms with Crippen molar-refractivity contribution in [1.82, 2.24) is 24.5 Å². The van der Waals surface area contributed by atoms with Crippen LogP contribution in [0.25, 0.3) is 16.7 Å². The van der Waals surface area contributed by atoms with E-state index in [0.717, 1.165) is 12.0 Å². The molecule has 7 nitrogen and oxygen atoms in total. The van der Waals surface area contributed by atoms with Crippen molar-refractivity contribution in [3.8, 4) is 0 Å². The van der Waals surface area contributed by atoms with Gasteiger partial charge in [0.05, 0.1) is 22.2 Å². The van der Waals surface area contributed by atoms with Gasteiger partial charge in [0, 0.05) is 6.54 Å². The molecular formula is C25H28FN5O2S. The first-order valence-corrected chi connectivity index (χ1v) is 12.2. The average molecular weight is 482 g/mol. The number of hydrogen-bond donors (Lipinski definition) is 1. The first-order valence-electron chi connectivity index (χ1n) is 11.4. The summed E-state index contributed by atoms with van der Waals surface area (Å²) < 4.78 is 16.7. The largest absolute Gasteiger partial charge is 0.349 e. The Labute approximate surface area is 201 Å². The van der Waals surface area contributed by atoms with Crippen molar-refractivity contribution < 1.29 is 9.18 Å². The molecule has 0 bridgehead atoms. The molecule has 178 valence electrons. The van der Waals surface area contributed by atoms with Crippen molar-refractivity contribution >= 4 is 34.3 Å². The number of nitrogens with one attached hydrogen (secondary N) is 1. The maximum Gasteiger partial charge on any atom is 0.262 e. The highest BCUT2D eigenvalue weighted by atomic mass is 32.2. The van der Waals surface area contributed by atoms with Crippen LogP contribution in [0.4, 0.5) is 4.39 Å². The number of hydrogen-bond acceptors (Lipinski definition) is 5. The zero-order valence-corrected chi connectivity index (χ0v) is 20.5. The molecule has 0 aliphatic heterocycles. The van der Waals surface area contributed by atoms with Gasteiger partial charge in [-0.3, -0.25) is 18.6 Å². The summed E-state index contributed by atoms with van der Waals surface area (Å²) in [5, 5.41) is 12.3. The number of fused-ring (bicyclic) bond motifs is 3. The van der Waals surface area contributed by atoms with E-state index in [9.17, 15) is 14.0 Å². The predicted molar refractivity (Wildman–Crippen MR) is 132 cm³/mol. The first kappa shape index (κ1) is 23.9. The first-order chi connectivity index (χ1) is 16.3. The van der Waals surface area contributed by atoms with E-state index in [1.807, 2.05) is 29.5 Å². The number of carbonyl (C=O) groups excluding carboxylic acids is 1. The maximum absolute atomic E-state index is 13.2. The van der Waals surface area contributed by atoms with E-state index in [-0.39, 0.29) is 23.3 Å². The minimum atomic E-state index is -0.467. The molecule has 2 aromatic carbocycles. The van der Waals surface area contributed by atoms with Gasteiger partial charge in [0.2, 0.25) is 11.7 Å². The van der Waals surface area contributed by atoms with Gasteiger partial charge in [-0.05, 0) is 56.0 Å². The van der Waals surface area contributed by atoms with Crippen LogP contribution in [0.2, 0.25) is 0 Å². The Morgan fingerprint density at radius 3 is 2.47 bits per heavy atom. The fraction of sp³-hybridized carbons (Fsp3) is 0.360. The van der Waals surface area contributed by atoms with Gasteiger partial charge in [0.25, 0.3) is 5.56 Å². The van der Waals surface area contributed by atoms with Crippen LogP contribution >= 0.6 is 11.8 Å². The molecule has 34 heavy (non-hydrogen) atoms. The normalized spacial score (nSPS) is 13.5. The number of rotatable bonds is 8. The summed E-state index contributed by atoms with van der Waals surface area (Å²) in [5.41, 5.74) is 1.44. The minimum Gasteiger partial charge on any atom is -0.349 e. The molecule has 2 unspecified atom stereocenters. The van der Waals surface area contributed by atoms with Gasteiger partial charge >= 0.3 is 0 Å². The smallest absolute Gasteiger partial charge is 0.262 e. The molecule has 9 heteroatoms. The Balaban J connectivity index is 1.63. The summed E-state index contributed by atoms with van der Waals surface area (Å²) in [7, 11) is 0. The maximum atomic E-state index is 13.2. The topological polar surface area (TPSA) is 81.3 Å². The number of aryl methyl sites for hydroxylation is 1. The van der Waals surface area contributed by atoms with Gasteiger partial charge in [-0.15, -0.1) is 10.2 Å². The van der Waals surface area contributed by atoms with E-state index >= 15 is 0 Å². The lowest BCUT2D eigenvalue weighted by Gasteiger charge is -2.17. The van der Waals surface area contributed by atoms with Gasteiger partial charge in [-0.25, -0.2) is 4.39 Å². The lowest BCUT2D eigenvalue weighted by Crippen LogP contribution is -2.33. The van der Waals surface area contributed by atoms with Crippen LogP contribution in [0.5, 0.6) is 0 Å². The zero-order valence-electron chi connectivity index (χ0n) is 19.7. The molecule has 4 rings (SSSR count). The molecule has 0 aliphatic carbocycles. The zero-order chi connectivity index (χ0) is 24.4. The van der Waals surface area contributed by atoms with Gasteiger partial charge in [-0.2, -0.15) is 0 Å². The number of benzene rings is 2. The highest BCUT2D eigenvalue weighted by molar-refractivity contribution is 8.00. The summed E-state index contributed by atoms with van der Waals surface area (Å²) in [6, 6.07) is 13.2. The second-order valence-corrected chi connectivity index (χ2v) is 10.1. The Morgan fingerprint density at radius 1 is 1.06 bits per heavy atom. The molecule has 2 aromatic heterocycles. The van der Waals surface area contributed by atoms with Crippen molar-refractivity contribution in [2.45, 2.75) is 57.1 Å². The summed E-state index contributed by atoms with van der Waals surface area (Å²) in [6.07, 6.45) is 0.837. The Bertz CT molecular complexity index is 1380. The third-order valence-corrected chi connectivity index (χ3v) is 6.83. The number of nitrogens with zero attached hydrogens (tertiary/aromatic N) is 4. The van der Waals surface area contributed by atoms with E-state index in [1.54, 1.807) is 29.7 Å². The molecule has 2 atom stereocenters. The highest BCUT2D eigenvalue weighted by Gasteiger charge is 2.22. The number of aromatic nitrogens is 4. The van der Waals surface area contributed by atoms with Crippen molar-refractivity contribution in [3.63, 3.8) is 0 Å². The Kier molecular flexibility index (Phi) is 7.02.